The SMILES string of the molecule is O=C1c2cccnc2S[C@@H]2[C@@H](O)[C@@H](O)[C@H](O)CN12. The molecular weight excluding hydrogens is 256 g/mol. The van der Waals surface area contributed by atoms with Crippen molar-refractivity contribution in [2.45, 2.75) is 28.7 Å². The van der Waals surface area contributed by atoms with Crippen molar-refractivity contribution in [3.63, 3.8) is 0 Å². The first-order valence-corrected chi connectivity index (χ1v) is 6.44. The number of nitrogens with zero attached hydrogens (tertiary/aromatic N) is 2. The number of thioether (sulfide) groups is 1. The van der Waals surface area contributed by atoms with Gasteiger partial charge in [0.2, 0.25) is 0 Å². The summed E-state index contributed by atoms with van der Waals surface area (Å²) in [4.78, 5) is 17.7. The van der Waals surface area contributed by atoms with Crippen LogP contribution >= 0.6 is 11.8 Å². The monoisotopic (exact) mass is 268 g/mol. The molecule has 3 rings (SSSR count). The molecule has 1 aromatic rings. The van der Waals surface area contributed by atoms with Gasteiger partial charge in [-0.15, -0.1) is 0 Å². The molecule has 7 heteroatoms. The van der Waals surface area contributed by atoms with Crippen LogP contribution in [0.15, 0.2) is 23.4 Å². The molecule has 1 fully saturated rings. The van der Waals surface area contributed by atoms with E-state index >= 15 is 0 Å². The molecule has 0 bridgehead atoms. The molecule has 0 spiro atoms. The van der Waals surface area contributed by atoms with Crippen molar-refractivity contribution >= 4 is 17.7 Å². The first-order chi connectivity index (χ1) is 8.59. The lowest BCUT2D eigenvalue weighted by atomic mass is 10.0. The van der Waals surface area contributed by atoms with Crippen LogP contribution in [0.1, 0.15) is 10.4 Å². The van der Waals surface area contributed by atoms with E-state index in [1.807, 2.05) is 0 Å². The number of piperidine rings is 1. The fraction of sp³-hybridized carbons (Fsp3) is 0.455. The maximum atomic E-state index is 12.2. The number of aliphatic hydroxyl groups is 3. The van der Waals surface area contributed by atoms with Crippen molar-refractivity contribution in [2.24, 2.45) is 0 Å². The van der Waals surface area contributed by atoms with Crippen LogP contribution in [0.25, 0.3) is 0 Å². The Balaban J connectivity index is 2.01. The van der Waals surface area contributed by atoms with E-state index in [1.54, 1.807) is 18.3 Å². The minimum Gasteiger partial charge on any atom is -0.388 e. The Morgan fingerprint density at radius 1 is 1.33 bits per heavy atom. The molecule has 0 radical (unpaired) electrons. The number of carbonyl (C=O) groups excluding carboxylic acids is 1. The van der Waals surface area contributed by atoms with Crippen LogP contribution in [0.5, 0.6) is 0 Å². The second-order valence-electron chi connectivity index (χ2n) is 4.37. The minimum atomic E-state index is -1.24. The van der Waals surface area contributed by atoms with Gasteiger partial charge in [0, 0.05) is 6.20 Å². The smallest absolute Gasteiger partial charge is 0.257 e. The number of pyridine rings is 1. The summed E-state index contributed by atoms with van der Waals surface area (Å²) in [6.07, 6.45) is -1.97. The molecule has 0 unspecified atom stereocenters. The van der Waals surface area contributed by atoms with Gasteiger partial charge >= 0.3 is 0 Å². The summed E-state index contributed by atoms with van der Waals surface area (Å²) >= 11 is 1.23. The van der Waals surface area contributed by atoms with Crippen molar-refractivity contribution in [3.8, 4) is 0 Å². The van der Waals surface area contributed by atoms with E-state index in [9.17, 15) is 20.1 Å². The van der Waals surface area contributed by atoms with Gasteiger partial charge in [-0.25, -0.2) is 4.98 Å². The van der Waals surface area contributed by atoms with Crippen LogP contribution in [0.3, 0.4) is 0 Å². The topological polar surface area (TPSA) is 93.9 Å². The number of amides is 1. The molecule has 6 nitrogen and oxygen atoms in total. The van der Waals surface area contributed by atoms with Crippen LogP contribution in [0.2, 0.25) is 0 Å². The lowest BCUT2D eigenvalue weighted by molar-refractivity contribution is -0.109. The quantitative estimate of drug-likeness (QED) is 0.562. The van der Waals surface area contributed by atoms with E-state index in [2.05, 4.69) is 4.98 Å². The molecule has 2 aliphatic heterocycles. The number of hydrogen-bond acceptors (Lipinski definition) is 6. The van der Waals surface area contributed by atoms with E-state index in [-0.39, 0.29) is 12.5 Å². The first kappa shape index (κ1) is 11.9. The molecule has 1 saturated heterocycles. The predicted molar refractivity (Wildman–Crippen MR) is 62.9 cm³/mol. The number of rotatable bonds is 0. The summed E-state index contributed by atoms with van der Waals surface area (Å²) in [7, 11) is 0. The van der Waals surface area contributed by atoms with Gasteiger partial charge in [-0.2, -0.15) is 0 Å². The third kappa shape index (κ3) is 1.63. The predicted octanol–water partition coefficient (Wildman–Crippen LogP) is -0.948. The van der Waals surface area contributed by atoms with Gasteiger partial charge in [0.25, 0.3) is 5.91 Å². The second-order valence-corrected chi connectivity index (χ2v) is 5.48. The summed E-state index contributed by atoms with van der Waals surface area (Å²) in [5.41, 5.74) is 0.467. The van der Waals surface area contributed by atoms with Crippen molar-refractivity contribution in [1.82, 2.24) is 9.88 Å². The second kappa shape index (κ2) is 4.20. The maximum absolute atomic E-state index is 12.2. The molecule has 2 aliphatic rings. The van der Waals surface area contributed by atoms with E-state index in [1.165, 1.54) is 16.7 Å². The lowest BCUT2D eigenvalue weighted by Crippen LogP contribution is -2.62. The Morgan fingerprint density at radius 2 is 2.11 bits per heavy atom. The standard InChI is InChI=1S/C11H12N2O4S/c14-6-4-13-10(17)5-2-1-3-12-9(5)18-11(13)8(16)7(6)15/h1-3,6-8,11,14-16H,4H2/t6-,7+,8+,11-/m1/s1. The number of carbonyl (C=O) groups is 1. The van der Waals surface area contributed by atoms with Crippen LogP contribution < -0.4 is 0 Å². The third-order valence-electron chi connectivity index (χ3n) is 3.22. The molecule has 1 aromatic heterocycles. The normalized spacial score (nSPS) is 35.1. The zero-order valence-electron chi connectivity index (χ0n) is 9.30. The number of aliphatic hydroxyl groups excluding tert-OH is 3. The molecule has 96 valence electrons. The zero-order valence-corrected chi connectivity index (χ0v) is 10.1. The molecule has 18 heavy (non-hydrogen) atoms. The van der Waals surface area contributed by atoms with Gasteiger partial charge in [-0.1, -0.05) is 11.8 Å². The average Bonchev–Trinajstić information content (AvgIpc) is 2.38. The van der Waals surface area contributed by atoms with Crippen LogP contribution in [-0.4, -0.2) is 61.3 Å². The van der Waals surface area contributed by atoms with Crippen LogP contribution in [-0.2, 0) is 0 Å². The summed E-state index contributed by atoms with van der Waals surface area (Å²) in [6, 6.07) is 3.33. The Bertz CT molecular complexity index is 498. The van der Waals surface area contributed by atoms with Crippen molar-refractivity contribution < 1.29 is 20.1 Å². The molecule has 0 aliphatic carbocycles. The number of fused-ring (bicyclic) bond motifs is 2. The summed E-state index contributed by atoms with van der Waals surface area (Å²) in [6.45, 7) is 0.0169. The maximum Gasteiger partial charge on any atom is 0.257 e. The van der Waals surface area contributed by atoms with E-state index in [0.29, 0.717) is 10.6 Å². The summed E-state index contributed by atoms with van der Waals surface area (Å²) < 4.78 is 0. The molecule has 0 aromatic carbocycles. The van der Waals surface area contributed by atoms with Gasteiger partial charge in [0.15, 0.2) is 0 Å². The van der Waals surface area contributed by atoms with Gasteiger partial charge in [-0.3, -0.25) is 4.79 Å². The Hall–Kier alpha value is -1.15. The number of hydrogen-bond donors (Lipinski definition) is 3. The van der Waals surface area contributed by atoms with Crippen molar-refractivity contribution in [3.05, 3.63) is 23.9 Å². The Kier molecular flexibility index (Phi) is 2.78. The van der Waals surface area contributed by atoms with Crippen LogP contribution in [0, 0.1) is 0 Å². The molecule has 4 atom stereocenters. The van der Waals surface area contributed by atoms with Crippen molar-refractivity contribution in [1.29, 1.82) is 0 Å². The minimum absolute atomic E-state index is 0.0169. The highest BCUT2D eigenvalue weighted by molar-refractivity contribution is 8.00. The van der Waals surface area contributed by atoms with Gasteiger partial charge in [0.05, 0.1) is 12.1 Å². The average molecular weight is 268 g/mol. The Morgan fingerprint density at radius 3 is 2.89 bits per heavy atom. The summed E-state index contributed by atoms with van der Waals surface area (Å²) in [5, 5.41) is 29.2. The number of aromatic nitrogens is 1. The largest absolute Gasteiger partial charge is 0.388 e. The third-order valence-corrected chi connectivity index (χ3v) is 4.55. The first-order valence-electron chi connectivity index (χ1n) is 5.56. The highest BCUT2D eigenvalue weighted by Crippen LogP contribution is 2.38. The molecule has 1 amide bonds. The van der Waals surface area contributed by atoms with Crippen molar-refractivity contribution in [2.75, 3.05) is 6.54 Å². The van der Waals surface area contributed by atoms with Crippen LogP contribution in [0.4, 0.5) is 0 Å². The molecule has 3 N–H and O–H groups in total. The fourth-order valence-electron chi connectivity index (χ4n) is 2.24. The van der Waals surface area contributed by atoms with E-state index in [4.69, 9.17) is 0 Å². The molecule has 3 heterocycles. The highest BCUT2D eigenvalue weighted by atomic mass is 32.2. The summed E-state index contributed by atoms with van der Waals surface area (Å²) in [5.74, 6) is -0.271. The highest BCUT2D eigenvalue weighted by Gasteiger charge is 2.47. The Labute approximate surface area is 107 Å². The molecule has 0 saturated carbocycles. The van der Waals surface area contributed by atoms with E-state index < -0.39 is 23.7 Å². The zero-order chi connectivity index (χ0) is 12.9. The van der Waals surface area contributed by atoms with Gasteiger partial charge in [-0.05, 0) is 12.1 Å². The molecular formula is C11H12N2O4S. The van der Waals surface area contributed by atoms with Gasteiger partial charge < -0.3 is 20.2 Å². The van der Waals surface area contributed by atoms with E-state index in [0.717, 1.165) is 0 Å². The fourth-order valence-corrected chi connectivity index (χ4v) is 3.48. The van der Waals surface area contributed by atoms with Gasteiger partial charge in [0.1, 0.15) is 28.7 Å². The lowest BCUT2D eigenvalue weighted by Gasteiger charge is -2.45.